The van der Waals surface area contributed by atoms with Gasteiger partial charge in [-0.1, -0.05) is 9.95 Å². The second kappa shape index (κ2) is 6.85. The van der Waals surface area contributed by atoms with Crippen LogP contribution in [-0.2, 0) is 17.1 Å². The summed E-state index contributed by atoms with van der Waals surface area (Å²) in [5.74, 6) is -0.286. The van der Waals surface area contributed by atoms with Crippen molar-refractivity contribution in [2.45, 2.75) is 6.61 Å². The third-order valence-corrected chi connectivity index (χ3v) is 3.49. The molecule has 0 aliphatic carbocycles. The van der Waals surface area contributed by atoms with Crippen LogP contribution in [-0.4, -0.2) is 23.2 Å². The molecule has 0 bridgehead atoms. The molecule has 10 heteroatoms. The van der Waals surface area contributed by atoms with Crippen molar-refractivity contribution < 1.29 is 25.6 Å². The molecule has 0 saturated carbocycles. The van der Waals surface area contributed by atoms with Gasteiger partial charge in [-0.15, -0.1) is 0 Å². The maximum atomic E-state index is 14.1. The fourth-order valence-electron chi connectivity index (χ4n) is 2.03. The Morgan fingerprint density at radius 2 is 1.80 bits per heavy atom. The minimum absolute atomic E-state index is 0.0795. The van der Waals surface area contributed by atoms with Gasteiger partial charge in [0.2, 0.25) is 0 Å². The first kappa shape index (κ1) is 16.8. The standard InChI is InChI=1S/C15H11F2N3O4S/c16-14-7-11(1-6-15(14)20-10-18-9-19-20)8-23-12-2-4-13(5-3-12)24-25(17,21)22/h1-7,9-10H,8H2. The van der Waals surface area contributed by atoms with Gasteiger partial charge in [0.1, 0.15) is 42.3 Å². The highest BCUT2D eigenvalue weighted by Crippen LogP contribution is 2.21. The Kier molecular flexibility index (Phi) is 4.61. The molecule has 2 aromatic carbocycles. The van der Waals surface area contributed by atoms with Crippen molar-refractivity contribution in [2.75, 3.05) is 0 Å². The molecule has 0 aliphatic rings. The van der Waals surface area contributed by atoms with E-state index >= 15 is 0 Å². The van der Waals surface area contributed by atoms with E-state index in [1.54, 1.807) is 12.1 Å². The van der Waals surface area contributed by atoms with E-state index in [0.717, 1.165) is 0 Å². The van der Waals surface area contributed by atoms with Crippen molar-refractivity contribution in [3.05, 3.63) is 66.5 Å². The van der Waals surface area contributed by atoms with Gasteiger partial charge in [-0.05, 0) is 42.0 Å². The third kappa shape index (κ3) is 4.51. The summed E-state index contributed by atoms with van der Waals surface area (Å²) in [6.07, 6.45) is 2.69. The predicted octanol–water partition coefficient (Wildman–Crippen LogP) is 2.58. The molecule has 0 fully saturated rings. The zero-order chi connectivity index (χ0) is 17.9. The van der Waals surface area contributed by atoms with Gasteiger partial charge in [-0.25, -0.2) is 14.1 Å². The lowest BCUT2D eigenvalue weighted by atomic mass is 10.2. The Balaban J connectivity index is 1.65. The molecule has 0 N–H and O–H groups in total. The van der Waals surface area contributed by atoms with Crippen molar-refractivity contribution in [1.29, 1.82) is 0 Å². The largest absolute Gasteiger partial charge is 0.489 e. The van der Waals surface area contributed by atoms with Gasteiger partial charge in [0.25, 0.3) is 0 Å². The van der Waals surface area contributed by atoms with Gasteiger partial charge in [0, 0.05) is 0 Å². The molecular formula is C15H11F2N3O4S. The number of hydrogen-bond acceptors (Lipinski definition) is 6. The van der Waals surface area contributed by atoms with E-state index in [1.165, 1.54) is 47.7 Å². The zero-order valence-electron chi connectivity index (χ0n) is 12.5. The normalized spacial score (nSPS) is 11.3. The molecule has 1 aromatic heterocycles. The van der Waals surface area contributed by atoms with Crippen LogP contribution in [0.15, 0.2) is 55.1 Å². The first-order valence-electron chi connectivity index (χ1n) is 6.91. The summed E-state index contributed by atoms with van der Waals surface area (Å²) in [5.41, 5.74) is 0.836. The number of hydrogen-bond donors (Lipinski definition) is 0. The quantitative estimate of drug-likeness (QED) is 0.623. The fraction of sp³-hybridized carbons (Fsp3) is 0.0667. The van der Waals surface area contributed by atoms with Gasteiger partial charge < -0.3 is 8.92 Å². The van der Waals surface area contributed by atoms with E-state index < -0.39 is 16.3 Å². The lowest BCUT2D eigenvalue weighted by Gasteiger charge is -2.09. The van der Waals surface area contributed by atoms with Crippen LogP contribution in [0.2, 0.25) is 0 Å². The van der Waals surface area contributed by atoms with Gasteiger partial charge in [0.05, 0.1) is 0 Å². The molecule has 0 spiro atoms. The van der Waals surface area contributed by atoms with E-state index in [9.17, 15) is 16.7 Å². The lowest BCUT2D eigenvalue weighted by Crippen LogP contribution is -2.02. The molecule has 0 unspecified atom stereocenters. The average molecular weight is 367 g/mol. The van der Waals surface area contributed by atoms with Crippen LogP contribution in [0.5, 0.6) is 11.5 Å². The molecule has 3 rings (SSSR count). The fourth-order valence-corrected chi connectivity index (χ4v) is 2.37. The number of ether oxygens (including phenoxy) is 1. The number of aromatic nitrogens is 3. The number of benzene rings is 2. The van der Waals surface area contributed by atoms with Crippen molar-refractivity contribution in [2.24, 2.45) is 0 Å². The van der Waals surface area contributed by atoms with Gasteiger partial charge in [0.15, 0.2) is 0 Å². The summed E-state index contributed by atoms with van der Waals surface area (Å²) in [5, 5.41) is 3.86. The first-order valence-corrected chi connectivity index (χ1v) is 8.22. The van der Waals surface area contributed by atoms with Crippen LogP contribution >= 0.6 is 0 Å². The smallest absolute Gasteiger partial charge is 0.488 e. The molecule has 25 heavy (non-hydrogen) atoms. The Labute approximate surface area is 141 Å². The van der Waals surface area contributed by atoms with Crippen LogP contribution in [0.25, 0.3) is 5.69 Å². The Hall–Kier alpha value is -3.01. The summed E-state index contributed by atoms with van der Waals surface area (Å²) >= 11 is 0. The Bertz CT molecular complexity index is 961. The monoisotopic (exact) mass is 367 g/mol. The van der Waals surface area contributed by atoms with Crippen LogP contribution < -0.4 is 8.92 Å². The number of halogens is 2. The molecule has 0 atom stereocenters. The van der Waals surface area contributed by atoms with Gasteiger partial charge in [-0.3, -0.25) is 0 Å². The summed E-state index contributed by atoms with van der Waals surface area (Å²) in [6.45, 7) is 0.0795. The SMILES string of the molecule is O=S(=O)(F)Oc1ccc(OCc2ccc(-n3cncn3)c(F)c2)cc1. The topological polar surface area (TPSA) is 83.3 Å². The molecule has 7 nitrogen and oxygen atoms in total. The van der Waals surface area contributed by atoms with Crippen molar-refractivity contribution in [3.8, 4) is 17.2 Å². The highest BCUT2D eigenvalue weighted by Gasteiger charge is 2.10. The highest BCUT2D eigenvalue weighted by atomic mass is 32.3. The maximum Gasteiger partial charge on any atom is 0.488 e. The molecule has 3 aromatic rings. The number of rotatable bonds is 6. The maximum absolute atomic E-state index is 14.1. The van der Waals surface area contributed by atoms with Gasteiger partial charge in [-0.2, -0.15) is 13.5 Å². The summed E-state index contributed by atoms with van der Waals surface area (Å²) < 4.78 is 58.1. The molecule has 0 radical (unpaired) electrons. The molecule has 1 heterocycles. The van der Waals surface area contributed by atoms with E-state index in [-0.39, 0.29) is 18.0 Å². The zero-order valence-corrected chi connectivity index (χ0v) is 13.4. The summed E-state index contributed by atoms with van der Waals surface area (Å²) in [6, 6.07) is 9.81. The van der Waals surface area contributed by atoms with E-state index in [1.807, 2.05) is 0 Å². The average Bonchev–Trinajstić information content (AvgIpc) is 3.07. The molecule has 0 aliphatic heterocycles. The highest BCUT2D eigenvalue weighted by molar-refractivity contribution is 7.81. The second-order valence-corrected chi connectivity index (χ2v) is 5.82. The lowest BCUT2D eigenvalue weighted by molar-refractivity contribution is 0.305. The third-order valence-electron chi connectivity index (χ3n) is 3.10. The molecule has 0 saturated heterocycles. The number of nitrogens with zero attached hydrogens (tertiary/aromatic N) is 3. The van der Waals surface area contributed by atoms with Crippen LogP contribution in [0, 0.1) is 5.82 Å². The Morgan fingerprint density at radius 1 is 1.08 bits per heavy atom. The molecule has 0 amide bonds. The minimum atomic E-state index is -5.07. The van der Waals surface area contributed by atoms with Crippen molar-refractivity contribution in [3.63, 3.8) is 0 Å². The molecular weight excluding hydrogens is 356 g/mol. The summed E-state index contributed by atoms with van der Waals surface area (Å²) in [7, 11) is -5.07. The van der Waals surface area contributed by atoms with E-state index in [2.05, 4.69) is 14.3 Å². The van der Waals surface area contributed by atoms with E-state index in [0.29, 0.717) is 11.3 Å². The Morgan fingerprint density at radius 3 is 2.40 bits per heavy atom. The van der Waals surface area contributed by atoms with Crippen LogP contribution in [0.3, 0.4) is 0 Å². The summed E-state index contributed by atoms with van der Waals surface area (Å²) in [4.78, 5) is 3.76. The molecule has 130 valence electrons. The van der Waals surface area contributed by atoms with Gasteiger partial charge >= 0.3 is 10.5 Å². The minimum Gasteiger partial charge on any atom is -0.489 e. The second-order valence-electron chi connectivity index (χ2n) is 4.86. The first-order chi connectivity index (χ1) is 11.9. The van der Waals surface area contributed by atoms with Crippen molar-refractivity contribution in [1.82, 2.24) is 14.8 Å². The van der Waals surface area contributed by atoms with Crippen molar-refractivity contribution >= 4 is 10.5 Å². The predicted molar refractivity (Wildman–Crippen MR) is 82.7 cm³/mol. The van der Waals surface area contributed by atoms with E-state index in [4.69, 9.17) is 4.74 Å². The van der Waals surface area contributed by atoms with Crippen LogP contribution in [0.4, 0.5) is 8.28 Å². The van der Waals surface area contributed by atoms with Crippen LogP contribution in [0.1, 0.15) is 5.56 Å².